The van der Waals surface area contributed by atoms with E-state index in [4.69, 9.17) is 12.2 Å². The van der Waals surface area contributed by atoms with Gasteiger partial charge < -0.3 is 4.98 Å². The van der Waals surface area contributed by atoms with Crippen LogP contribution in [-0.4, -0.2) is 16.9 Å². The maximum absolute atomic E-state index is 12.2. The normalized spacial score (nSPS) is 11.9. The summed E-state index contributed by atoms with van der Waals surface area (Å²) in [5, 5.41) is 0. The number of Topliss-reactive ketones (excluding diaryl/α,β-unsaturated/α-hetero) is 1. The Balaban J connectivity index is 2.55. The first kappa shape index (κ1) is 11.3. The molecule has 16 heavy (non-hydrogen) atoms. The summed E-state index contributed by atoms with van der Waals surface area (Å²) < 4.78 is 37.5. The number of carbonyl (C=O) groups excluding carboxylic acids is 1. The molecule has 2 aromatic rings. The molecule has 0 radical (unpaired) electrons. The van der Waals surface area contributed by atoms with Crippen LogP contribution in [0.25, 0.3) is 10.2 Å². The van der Waals surface area contributed by atoms with Crippen LogP contribution in [0.15, 0.2) is 18.2 Å². The van der Waals surface area contributed by atoms with Crippen LogP contribution in [0.3, 0.4) is 0 Å². The highest BCUT2D eigenvalue weighted by Gasteiger charge is 2.39. The van der Waals surface area contributed by atoms with E-state index >= 15 is 0 Å². The van der Waals surface area contributed by atoms with Crippen molar-refractivity contribution in [1.82, 2.24) is 4.98 Å². The molecule has 0 saturated heterocycles. The minimum atomic E-state index is -4.84. The summed E-state index contributed by atoms with van der Waals surface area (Å²) in [5.74, 6) is -1.84. The number of hydrogen-bond donors (Lipinski definition) is 1. The van der Waals surface area contributed by atoms with E-state index < -0.39 is 12.0 Å². The first-order chi connectivity index (χ1) is 7.38. The van der Waals surface area contributed by atoms with Crippen molar-refractivity contribution in [3.8, 4) is 0 Å². The van der Waals surface area contributed by atoms with Gasteiger partial charge in [-0.15, -0.1) is 11.3 Å². The van der Waals surface area contributed by atoms with Crippen molar-refractivity contribution < 1.29 is 18.0 Å². The number of halogens is 3. The van der Waals surface area contributed by atoms with E-state index in [9.17, 15) is 18.0 Å². The lowest BCUT2D eigenvalue weighted by molar-refractivity contribution is -0.0885. The quantitative estimate of drug-likeness (QED) is 0.628. The summed E-state index contributed by atoms with van der Waals surface area (Å²) in [6.07, 6.45) is -4.84. The maximum atomic E-state index is 12.2. The zero-order valence-electron chi connectivity index (χ0n) is 7.59. The fraction of sp³-hybridized carbons (Fsp3) is 0.111. The van der Waals surface area contributed by atoms with Gasteiger partial charge in [-0.2, -0.15) is 13.2 Å². The molecule has 0 bridgehead atoms. The van der Waals surface area contributed by atoms with Crippen LogP contribution in [0.1, 0.15) is 10.4 Å². The lowest BCUT2D eigenvalue weighted by Gasteiger charge is -2.04. The van der Waals surface area contributed by atoms with Gasteiger partial charge in [0.05, 0.1) is 10.2 Å². The van der Waals surface area contributed by atoms with Gasteiger partial charge in [-0.25, -0.2) is 0 Å². The second-order valence-corrected chi connectivity index (χ2v) is 4.77. The molecule has 0 aliphatic heterocycles. The highest BCUT2D eigenvalue weighted by molar-refractivity contribution is 7.73. The minimum absolute atomic E-state index is 0.370. The smallest absolute Gasteiger partial charge is 0.337 e. The van der Waals surface area contributed by atoms with Gasteiger partial charge in [-0.3, -0.25) is 4.79 Å². The maximum Gasteiger partial charge on any atom is 0.454 e. The summed E-state index contributed by atoms with van der Waals surface area (Å²) in [5.41, 5.74) is 0.263. The molecule has 1 aromatic heterocycles. The number of H-pyrrole nitrogens is 1. The largest absolute Gasteiger partial charge is 0.454 e. The molecule has 0 amide bonds. The third-order valence-electron chi connectivity index (χ3n) is 1.94. The van der Waals surface area contributed by atoms with Crippen LogP contribution in [0.4, 0.5) is 13.2 Å². The molecule has 2 rings (SSSR count). The standard InChI is InChI=1S/C9H4F3NOS2/c10-9(11,12)7(14)4-1-2-5-6(3-4)16-8(15)13-5/h1-3H,(H,13,15). The Morgan fingerprint density at radius 3 is 2.69 bits per heavy atom. The van der Waals surface area contributed by atoms with Gasteiger partial charge in [0, 0.05) is 5.56 Å². The average molecular weight is 263 g/mol. The van der Waals surface area contributed by atoms with Crippen molar-refractivity contribution >= 4 is 39.6 Å². The van der Waals surface area contributed by atoms with E-state index in [-0.39, 0.29) is 5.56 Å². The van der Waals surface area contributed by atoms with Crippen LogP contribution in [-0.2, 0) is 0 Å². The highest BCUT2D eigenvalue weighted by Crippen LogP contribution is 2.25. The van der Waals surface area contributed by atoms with Crippen molar-refractivity contribution in [2.75, 3.05) is 0 Å². The van der Waals surface area contributed by atoms with Crippen molar-refractivity contribution in [3.63, 3.8) is 0 Å². The monoisotopic (exact) mass is 263 g/mol. The van der Waals surface area contributed by atoms with E-state index in [0.29, 0.717) is 14.2 Å². The molecule has 7 heteroatoms. The van der Waals surface area contributed by atoms with Gasteiger partial charge >= 0.3 is 6.18 Å². The third-order valence-corrected chi connectivity index (χ3v) is 3.14. The van der Waals surface area contributed by atoms with Gasteiger partial charge in [-0.05, 0) is 30.4 Å². The lowest BCUT2D eigenvalue weighted by Crippen LogP contribution is -2.22. The van der Waals surface area contributed by atoms with Crippen molar-refractivity contribution in [3.05, 3.63) is 27.7 Å². The molecular formula is C9H4F3NOS2. The first-order valence-corrected chi connectivity index (χ1v) is 5.35. The molecule has 0 fully saturated rings. The van der Waals surface area contributed by atoms with Gasteiger partial charge in [0.15, 0.2) is 3.95 Å². The number of aromatic amines is 1. The molecule has 1 heterocycles. The Labute approximate surface area is 96.7 Å². The number of nitrogens with one attached hydrogen (secondary N) is 1. The van der Waals surface area contributed by atoms with Crippen molar-refractivity contribution in [1.29, 1.82) is 0 Å². The predicted molar refractivity (Wildman–Crippen MR) is 57.4 cm³/mol. The van der Waals surface area contributed by atoms with E-state index in [0.717, 1.165) is 17.4 Å². The number of benzene rings is 1. The summed E-state index contributed by atoms with van der Waals surface area (Å²) in [7, 11) is 0. The second-order valence-electron chi connectivity index (χ2n) is 3.05. The average Bonchev–Trinajstić information content (AvgIpc) is 2.54. The summed E-state index contributed by atoms with van der Waals surface area (Å²) in [6, 6.07) is 3.75. The van der Waals surface area contributed by atoms with E-state index in [1.54, 1.807) is 0 Å². The molecule has 0 unspecified atom stereocenters. The number of fused-ring (bicyclic) bond motifs is 1. The summed E-state index contributed by atoms with van der Waals surface area (Å²) in [6.45, 7) is 0. The Bertz CT molecular complexity index is 611. The van der Waals surface area contributed by atoms with Crippen LogP contribution in [0.5, 0.6) is 0 Å². The van der Waals surface area contributed by atoms with E-state index in [1.807, 2.05) is 0 Å². The SMILES string of the molecule is O=C(c1ccc2[nH]c(=S)sc2c1)C(F)(F)F. The molecule has 2 nitrogen and oxygen atoms in total. The highest BCUT2D eigenvalue weighted by atomic mass is 32.1. The number of ketones is 1. The number of aromatic nitrogens is 1. The van der Waals surface area contributed by atoms with Crippen LogP contribution in [0, 0.1) is 3.95 Å². The predicted octanol–water partition coefficient (Wildman–Crippen LogP) is 3.70. The summed E-state index contributed by atoms with van der Waals surface area (Å²) in [4.78, 5) is 13.8. The fourth-order valence-corrected chi connectivity index (χ4v) is 2.41. The fourth-order valence-electron chi connectivity index (χ4n) is 1.25. The number of alkyl halides is 3. The molecule has 0 aliphatic rings. The molecule has 0 aliphatic carbocycles. The molecule has 0 saturated carbocycles. The second kappa shape index (κ2) is 3.67. The number of hydrogen-bond acceptors (Lipinski definition) is 3. The Hall–Kier alpha value is -1.21. The molecule has 1 aromatic carbocycles. The van der Waals surface area contributed by atoms with Crippen molar-refractivity contribution in [2.45, 2.75) is 6.18 Å². The summed E-state index contributed by atoms with van der Waals surface area (Å²) >= 11 is 5.99. The van der Waals surface area contributed by atoms with Crippen LogP contribution >= 0.6 is 23.6 Å². The van der Waals surface area contributed by atoms with Crippen LogP contribution < -0.4 is 0 Å². The van der Waals surface area contributed by atoms with Crippen LogP contribution in [0.2, 0.25) is 0 Å². The van der Waals surface area contributed by atoms with E-state index in [2.05, 4.69) is 4.98 Å². The van der Waals surface area contributed by atoms with Gasteiger partial charge in [0.1, 0.15) is 0 Å². The molecule has 0 spiro atoms. The van der Waals surface area contributed by atoms with E-state index in [1.165, 1.54) is 12.1 Å². The number of thiazole rings is 1. The zero-order valence-corrected chi connectivity index (χ0v) is 9.22. The zero-order chi connectivity index (χ0) is 11.9. The Morgan fingerprint density at radius 1 is 1.38 bits per heavy atom. The Morgan fingerprint density at radius 2 is 2.06 bits per heavy atom. The lowest BCUT2D eigenvalue weighted by atomic mass is 10.1. The number of carbonyl (C=O) groups is 1. The molecule has 1 N–H and O–H groups in total. The van der Waals surface area contributed by atoms with Gasteiger partial charge in [0.2, 0.25) is 0 Å². The topological polar surface area (TPSA) is 32.9 Å². The molecule has 84 valence electrons. The first-order valence-electron chi connectivity index (χ1n) is 4.12. The van der Waals surface area contributed by atoms with Gasteiger partial charge in [0.25, 0.3) is 5.78 Å². The van der Waals surface area contributed by atoms with Crippen molar-refractivity contribution in [2.24, 2.45) is 0 Å². The Kier molecular flexibility index (Phi) is 2.59. The number of rotatable bonds is 1. The molecule has 0 atom stereocenters. The minimum Gasteiger partial charge on any atom is -0.337 e. The molecular weight excluding hydrogens is 259 g/mol. The third kappa shape index (κ3) is 2.00. The van der Waals surface area contributed by atoms with Gasteiger partial charge in [-0.1, -0.05) is 0 Å².